The number of aryl methyl sites for hydroxylation is 1. The van der Waals surface area contributed by atoms with Crippen LogP contribution in [0.3, 0.4) is 0 Å². The van der Waals surface area contributed by atoms with Gasteiger partial charge in [0, 0.05) is 13.1 Å². The predicted molar refractivity (Wildman–Crippen MR) is 98.2 cm³/mol. The van der Waals surface area contributed by atoms with E-state index in [0.717, 1.165) is 19.3 Å². The molecule has 0 aliphatic carbocycles. The molecule has 1 aromatic heterocycles. The Morgan fingerprint density at radius 3 is 2.58 bits per heavy atom. The van der Waals surface area contributed by atoms with Gasteiger partial charge in [-0.3, -0.25) is 10.1 Å². The van der Waals surface area contributed by atoms with Gasteiger partial charge in [0.05, 0.1) is 17.6 Å². The molecule has 1 saturated heterocycles. The summed E-state index contributed by atoms with van der Waals surface area (Å²) in [5.74, 6) is -0.199. The molecule has 1 N–H and O–H groups in total. The number of nitrogens with zero attached hydrogens (tertiary/aromatic N) is 3. The van der Waals surface area contributed by atoms with Crippen LogP contribution in [0.1, 0.15) is 34.6 Å². The third kappa shape index (κ3) is 3.87. The number of anilines is 1. The minimum atomic E-state index is -3.64. The molecule has 1 aromatic carbocycles. The minimum Gasteiger partial charge on any atom is -0.496 e. The van der Waals surface area contributed by atoms with E-state index < -0.39 is 15.9 Å². The number of ether oxygens (including phenoxy) is 1. The Kier molecular flexibility index (Phi) is 5.54. The SMILES string of the molecule is COc1ccc(S(=O)(=O)N2CCCCC2)cc1C(=O)Nc1nnc(C)s1. The van der Waals surface area contributed by atoms with Gasteiger partial charge in [0.15, 0.2) is 0 Å². The lowest BCUT2D eigenvalue weighted by molar-refractivity contribution is 0.102. The van der Waals surface area contributed by atoms with Gasteiger partial charge in [-0.1, -0.05) is 17.8 Å². The Hall–Kier alpha value is -2.04. The topological polar surface area (TPSA) is 101 Å². The van der Waals surface area contributed by atoms with Gasteiger partial charge in [-0.05, 0) is 38.0 Å². The lowest BCUT2D eigenvalue weighted by Crippen LogP contribution is -2.35. The number of aromatic nitrogens is 2. The zero-order chi connectivity index (χ0) is 18.7. The molecular weight excluding hydrogens is 376 g/mol. The molecule has 26 heavy (non-hydrogen) atoms. The third-order valence-corrected chi connectivity index (χ3v) is 6.76. The van der Waals surface area contributed by atoms with Crippen molar-refractivity contribution in [1.29, 1.82) is 0 Å². The second-order valence-corrected chi connectivity index (χ2v) is 9.03. The second-order valence-electron chi connectivity index (χ2n) is 5.91. The van der Waals surface area contributed by atoms with E-state index in [-0.39, 0.29) is 10.5 Å². The Morgan fingerprint density at radius 2 is 1.96 bits per heavy atom. The lowest BCUT2D eigenvalue weighted by Gasteiger charge is -2.26. The second kappa shape index (κ2) is 7.68. The van der Waals surface area contributed by atoms with Gasteiger partial charge < -0.3 is 4.74 Å². The number of carbonyl (C=O) groups excluding carboxylic acids is 1. The summed E-state index contributed by atoms with van der Waals surface area (Å²) in [5.41, 5.74) is 0.137. The van der Waals surface area contributed by atoms with Crippen molar-refractivity contribution in [3.05, 3.63) is 28.8 Å². The molecule has 1 aliphatic heterocycles. The fraction of sp³-hybridized carbons (Fsp3) is 0.438. The van der Waals surface area contributed by atoms with Crippen LogP contribution in [0.15, 0.2) is 23.1 Å². The average Bonchev–Trinajstić information content (AvgIpc) is 3.06. The highest BCUT2D eigenvalue weighted by atomic mass is 32.2. The first kappa shape index (κ1) is 18.7. The maximum absolute atomic E-state index is 12.9. The highest BCUT2D eigenvalue weighted by molar-refractivity contribution is 7.89. The van der Waals surface area contributed by atoms with Crippen molar-refractivity contribution in [2.24, 2.45) is 0 Å². The number of sulfonamides is 1. The highest BCUT2D eigenvalue weighted by Crippen LogP contribution is 2.27. The summed E-state index contributed by atoms with van der Waals surface area (Å²) in [4.78, 5) is 12.7. The number of hydrogen-bond acceptors (Lipinski definition) is 7. The Balaban J connectivity index is 1.92. The smallest absolute Gasteiger partial charge is 0.261 e. The highest BCUT2D eigenvalue weighted by Gasteiger charge is 2.27. The summed E-state index contributed by atoms with van der Waals surface area (Å²) in [6.07, 6.45) is 2.72. The van der Waals surface area contributed by atoms with Gasteiger partial charge in [0.25, 0.3) is 5.91 Å². The summed E-state index contributed by atoms with van der Waals surface area (Å²) < 4.78 is 32.4. The summed E-state index contributed by atoms with van der Waals surface area (Å²) in [6, 6.07) is 4.32. The van der Waals surface area contributed by atoms with Gasteiger partial charge in [-0.2, -0.15) is 4.31 Å². The van der Waals surface area contributed by atoms with Crippen LogP contribution in [0.2, 0.25) is 0 Å². The van der Waals surface area contributed by atoms with Gasteiger partial charge >= 0.3 is 0 Å². The quantitative estimate of drug-likeness (QED) is 0.832. The molecule has 8 nitrogen and oxygen atoms in total. The van der Waals surface area contributed by atoms with Crippen LogP contribution < -0.4 is 10.1 Å². The van der Waals surface area contributed by atoms with Crippen LogP contribution in [0.5, 0.6) is 5.75 Å². The van der Waals surface area contributed by atoms with Crippen LogP contribution in [-0.4, -0.2) is 49.0 Å². The number of carbonyl (C=O) groups is 1. The van der Waals surface area contributed by atoms with E-state index in [0.29, 0.717) is 29.0 Å². The van der Waals surface area contributed by atoms with Crippen LogP contribution in [0, 0.1) is 6.92 Å². The van der Waals surface area contributed by atoms with Gasteiger partial charge in [-0.25, -0.2) is 8.42 Å². The molecule has 2 aromatic rings. The average molecular weight is 396 g/mol. The normalized spacial score (nSPS) is 15.6. The van der Waals surface area contributed by atoms with Crippen LogP contribution in [0.25, 0.3) is 0 Å². The van der Waals surface area contributed by atoms with Crippen molar-refractivity contribution in [3.8, 4) is 5.75 Å². The molecule has 0 atom stereocenters. The van der Waals surface area contributed by atoms with E-state index in [1.165, 1.54) is 41.0 Å². The molecule has 1 fully saturated rings. The van der Waals surface area contributed by atoms with Gasteiger partial charge in [0.1, 0.15) is 10.8 Å². The van der Waals surface area contributed by atoms with E-state index >= 15 is 0 Å². The first-order valence-electron chi connectivity index (χ1n) is 8.21. The summed E-state index contributed by atoms with van der Waals surface area (Å²) >= 11 is 1.24. The largest absolute Gasteiger partial charge is 0.496 e. The first-order valence-corrected chi connectivity index (χ1v) is 10.5. The molecule has 2 heterocycles. The molecule has 0 radical (unpaired) electrons. The summed E-state index contributed by atoms with van der Waals surface area (Å²) in [6.45, 7) is 2.78. The minimum absolute atomic E-state index is 0.0822. The number of nitrogens with one attached hydrogen (secondary N) is 1. The fourth-order valence-electron chi connectivity index (χ4n) is 2.79. The molecule has 0 bridgehead atoms. The van der Waals surface area contributed by atoms with Crippen molar-refractivity contribution in [3.63, 3.8) is 0 Å². The standard InChI is InChI=1S/C16H20N4O4S2/c1-11-18-19-16(25-11)17-15(21)13-10-12(6-7-14(13)24-2)26(22,23)20-8-4-3-5-9-20/h6-7,10H,3-5,8-9H2,1-2H3,(H,17,19,21). The maximum Gasteiger partial charge on any atom is 0.261 e. The van der Waals surface area contributed by atoms with Crippen molar-refractivity contribution in [2.75, 3.05) is 25.5 Å². The van der Waals surface area contributed by atoms with Crippen molar-refractivity contribution >= 4 is 32.4 Å². The van der Waals surface area contributed by atoms with E-state index in [4.69, 9.17) is 4.74 Å². The molecule has 140 valence electrons. The van der Waals surface area contributed by atoms with Crippen LogP contribution >= 0.6 is 11.3 Å². The van der Waals surface area contributed by atoms with E-state index in [1.807, 2.05) is 0 Å². The van der Waals surface area contributed by atoms with Crippen LogP contribution in [-0.2, 0) is 10.0 Å². The molecule has 0 unspecified atom stereocenters. The molecular formula is C16H20N4O4S2. The Bertz CT molecular complexity index is 905. The zero-order valence-electron chi connectivity index (χ0n) is 14.6. The number of benzene rings is 1. The fourth-order valence-corrected chi connectivity index (χ4v) is 4.92. The summed E-state index contributed by atoms with van der Waals surface area (Å²) in [7, 11) is -2.21. The molecule has 1 amide bonds. The predicted octanol–water partition coefficient (Wildman–Crippen LogP) is 2.28. The van der Waals surface area contributed by atoms with E-state index in [9.17, 15) is 13.2 Å². The third-order valence-electron chi connectivity index (χ3n) is 4.11. The van der Waals surface area contributed by atoms with Gasteiger partial charge in [-0.15, -0.1) is 10.2 Å². The number of hydrogen-bond donors (Lipinski definition) is 1. The van der Waals surface area contributed by atoms with Crippen LogP contribution in [0.4, 0.5) is 5.13 Å². The van der Waals surface area contributed by atoms with Crippen molar-refractivity contribution in [1.82, 2.24) is 14.5 Å². The monoisotopic (exact) mass is 396 g/mol. The first-order chi connectivity index (χ1) is 12.4. The number of methoxy groups -OCH3 is 1. The van der Waals surface area contributed by atoms with E-state index in [1.54, 1.807) is 6.92 Å². The molecule has 0 spiro atoms. The van der Waals surface area contributed by atoms with Crippen molar-refractivity contribution in [2.45, 2.75) is 31.1 Å². The Morgan fingerprint density at radius 1 is 1.23 bits per heavy atom. The molecule has 1 aliphatic rings. The molecule has 10 heteroatoms. The number of rotatable bonds is 5. The number of amides is 1. The zero-order valence-corrected chi connectivity index (χ0v) is 16.2. The maximum atomic E-state index is 12.9. The lowest BCUT2D eigenvalue weighted by atomic mass is 10.2. The number of piperidine rings is 1. The van der Waals surface area contributed by atoms with E-state index in [2.05, 4.69) is 15.5 Å². The van der Waals surface area contributed by atoms with Crippen molar-refractivity contribution < 1.29 is 17.9 Å². The molecule has 3 rings (SSSR count). The van der Waals surface area contributed by atoms with Gasteiger partial charge in [0.2, 0.25) is 15.2 Å². The molecule has 0 saturated carbocycles. The summed E-state index contributed by atoms with van der Waals surface area (Å²) in [5, 5.41) is 11.4. The Labute approximate surface area is 156 Å².